The van der Waals surface area contributed by atoms with Crippen molar-refractivity contribution >= 4 is 5.97 Å². The lowest BCUT2D eigenvalue weighted by Gasteiger charge is -2.11. The predicted octanol–water partition coefficient (Wildman–Crippen LogP) is 2.37. The highest BCUT2D eigenvalue weighted by molar-refractivity contribution is 5.90. The number of aliphatic hydroxyl groups excluding tert-OH is 1. The standard InChI is InChI=1S/C14H13NO4/c1-9-6-7-11(14(17)18)13(15-9)19-12-5-3-2-4-10(12)8-16/h2-7,16H,8H2,1H3,(H,17,18). The lowest BCUT2D eigenvalue weighted by molar-refractivity contribution is 0.0693. The van der Waals surface area contributed by atoms with Crippen LogP contribution in [0.2, 0.25) is 0 Å². The average Bonchev–Trinajstić information content (AvgIpc) is 2.39. The van der Waals surface area contributed by atoms with Crippen LogP contribution in [-0.2, 0) is 6.61 Å². The first-order valence-corrected chi connectivity index (χ1v) is 5.69. The molecule has 98 valence electrons. The first-order chi connectivity index (χ1) is 9.11. The maximum atomic E-state index is 11.1. The largest absolute Gasteiger partial charge is 0.477 e. The third kappa shape index (κ3) is 2.89. The molecule has 19 heavy (non-hydrogen) atoms. The lowest BCUT2D eigenvalue weighted by Crippen LogP contribution is -2.03. The second-order valence-corrected chi connectivity index (χ2v) is 3.98. The first kappa shape index (κ1) is 13.0. The van der Waals surface area contributed by atoms with E-state index in [9.17, 15) is 9.90 Å². The van der Waals surface area contributed by atoms with Gasteiger partial charge in [-0.25, -0.2) is 9.78 Å². The van der Waals surface area contributed by atoms with Gasteiger partial charge in [0, 0.05) is 11.3 Å². The fourth-order valence-electron chi connectivity index (χ4n) is 1.61. The van der Waals surface area contributed by atoms with E-state index in [4.69, 9.17) is 9.84 Å². The maximum absolute atomic E-state index is 11.1. The number of pyridine rings is 1. The van der Waals surface area contributed by atoms with Gasteiger partial charge in [-0.15, -0.1) is 0 Å². The fraction of sp³-hybridized carbons (Fsp3) is 0.143. The highest BCUT2D eigenvalue weighted by Crippen LogP contribution is 2.26. The number of hydrogen-bond acceptors (Lipinski definition) is 4. The molecule has 2 N–H and O–H groups in total. The number of benzene rings is 1. The number of aromatic carboxylic acids is 1. The zero-order valence-electron chi connectivity index (χ0n) is 10.3. The zero-order chi connectivity index (χ0) is 13.8. The molecule has 0 unspecified atom stereocenters. The quantitative estimate of drug-likeness (QED) is 0.881. The zero-order valence-corrected chi connectivity index (χ0v) is 10.3. The molecule has 5 heteroatoms. The van der Waals surface area contributed by atoms with E-state index < -0.39 is 5.97 Å². The molecule has 0 aliphatic heterocycles. The first-order valence-electron chi connectivity index (χ1n) is 5.69. The molecule has 1 aromatic carbocycles. The van der Waals surface area contributed by atoms with E-state index in [0.717, 1.165) is 0 Å². The van der Waals surface area contributed by atoms with Gasteiger partial charge in [0.2, 0.25) is 5.88 Å². The van der Waals surface area contributed by atoms with Crippen LogP contribution in [0.1, 0.15) is 21.6 Å². The van der Waals surface area contributed by atoms with E-state index in [1.165, 1.54) is 6.07 Å². The molecule has 1 heterocycles. The van der Waals surface area contributed by atoms with Gasteiger partial charge < -0.3 is 14.9 Å². The van der Waals surface area contributed by atoms with Crippen LogP contribution in [0, 0.1) is 6.92 Å². The van der Waals surface area contributed by atoms with Crippen molar-refractivity contribution in [3.8, 4) is 11.6 Å². The Morgan fingerprint density at radius 2 is 2.00 bits per heavy atom. The Morgan fingerprint density at radius 1 is 1.26 bits per heavy atom. The summed E-state index contributed by atoms with van der Waals surface area (Å²) in [7, 11) is 0. The van der Waals surface area contributed by atoms with Crippen molar-refractivity contribution in [3.63, 3.8) is 0 Å². The van der Waals surface area contributed by atoms with Crippen molar-refractivity contribution in [1.29, 1.82) is 0 Å². The number of hydrogen-bond donors (Lipinski definition) is 2. The summed E-state index contributed by atoms with van der Waals surface area (Å²) in [6, 6.07) is 9.91. The van der Waals surface area contributed by atoms with Crippen LogP contribution in [0.5, 0.6) is 11.6 Å². The molecule has 0 saturated carbocycles. The molecular weight excluding hydrogens is 246 g/mol. The Balaban J connectivity index is 2.42. The van der Waals surface area contributed by atoms with E-state index in [1.807, 2.05) is 0 Å². The predicted molar refractivity (Wildman–Crippen MR) is 68.4 cm³/mol. The smallest absolute Gasteiger partial charge is 0.341 e. The summed E-state index contributed by atoms with van der Waals surface area (Å²) in [5, 5.41) is 18.3. The van der Waals surface area contributed by atoms with Crippen LogP contribution in [0.25, 0.3) is 0 Å². The van der Waals surface area contributed by atoms with Crippen LogP contribution >= 0.6 is 0 Å². The van der Waals surface area contributed by atoms with Gasteiger partial charge in [0.05, 0.1) is 6.61 Å². The van der Waals surface area contributed by atoms with Crippen LogP contribution in [0.15, 0.2) is 36.4 Å². The molecule has 0 spiro atoms. The van der Waals surface area contributed by atoms with Gasteiger partial charge >= 0.3 is 5.97 Å². The van der Waals surface area contributed by atoms with Crippen molar-refractivity contribution in [3.05, 3.63) is 53.2 Å². The SMILES string of the molecule is Cc1ccc(C(=O)O)c(Oc2ccccc2CO)n1. The third-order valence-electron chi connectivity index (χ3n) is 2.58. The van der Waals surface area contributed by atoms with E-state index in [2.05, 4.69) is 4.98 Å². The molecule has 5 nitrogen and oxygen atoms in total. The van der Waals surface area contributed by atoms with Crippen LogP contribution in [-0.4, -0.2) is 21.2 Å². The van der Waals surface area contributed by atoms with Gasteiger partial charge in [0.1, 0.15) is 11.3 Å². The number of nitrogens with zero attached hydrogens (tertiary/aromatic N) is 1. The molecule has 0 saturated heterocycles. The molecule has 1 aromatic heterocycles. The number of carbonyl (C=O) groups is 1. The molecule has 2 aromatic rings. The number of ether oxygens (including phenoxy) is 1. The highest BCUT2D eigenvalue weighted by Gasteiger charge is 2.15. The second-order valence-electron chi connectivity index (χ2n) is 3.98. The van der Waals surface area contributed by atoms with Crippen molar-refractivity contribution in [2.75, 3.05) is 0 Å². The van der Waals surface area contributed by atoms with E-state index in [1.54, 1.807) is 37.3 Å². The van der Waals surface area contributed by atoms with Crippen LogP contribution in [0.3, 0.4) is 0 Å². The Bertz CT molecular complexity index is 610. The minimum absolute atomic E-state index is 0.0154. The summed E-state index contributed by atoms with van der Waals surface area (Å²) in [5.74, 6) is -0.692. The fourth-order valence-corrected chi connectivity index (χ4v) is 1.61. The average molecular weight is 259 g/mol. The number of carboxylic acids is 1. The van der Waals surface area contributed by atoms with Crippen molar-refractivity contribution < 1.29 is 19.7 Å². The number of para-hydroxylation sites is 1. The maximum Gasteiger partial charge on any atom is 0.341 e. The Labute approximate surface area is 110 Å². The van der Waals surface area contributed by atoms with Crippen molar-refractivity contribution in [1.82, 2.24) is 4.98 Å². The Hall–Kier alpha value is -2.40. The molecule has 0 radical (unpaired) electrons. The highest BCUT2D eigenvalue weighted by atomic mass is 16.5. The number of aliphatic hydroxyl groups is 1. The molecule has 0 fully saturated rings. The topological polar surface area (TPSA) is 79.7 Å². The Morgan fingerprint density at radius 3 is 2.68 bits per heavy atom. The molecule has 0 atom stereocenters. The van der Waals surface area contributed by atoms with E-state index in [0.29, 0.717) is 17.0 Å². The van der Waals surface area contributed by atoms with E-state index in [-0.39, 0.29) is 18.1 Å². The normalized spacial score (nSPS) is 10.2. The number of aryl methyl sites for hydroxylation is 1. The minimum Gasteiger partial charge on any atom is -0.477 e. The lowest BCUT2D eigenvalue weighted by atomic mass is 10.2. The van der Waals surface area contributed by atoms with Crippen LogP contribution in [0.4, 0.5) is 0 Å². The molecular formula is C14H13NO4. The summed E-state index contributed by atoms with van der Waals surface area (Å²) in [5.41, 5.74) is 1.21. The molecule has 2 rings (SSSR count). The third-order valence-corrected chi connectivity index (χ3v) is 2.58. The van der Waals surface area contributed by atoms with Gasteiger partial charge in [0.25, 0.3) is 0 Å². The summed E-state index contributed by atoms with van der Waals surface area (Å²) in [6.45, 7) is 1.56. The van der Waals surface area contributed by atoms with Crippen molar-refractivity contribution in [2.24, 2.45) is 0 Å². The van der Waals surface area contributed by atoms with Crippen molar-refractivity contribution in [2.45, 2.75) is 13.5 Å². The van der Waals surface area contributed by atoms with Gasteiger partial charge in [-0.05, 0) is 25.1 Å². The molecule has 0 aliphatic rings. The van der Waals surface area contributed by atoms with Gasteiger partial charge in [-0.2, -0.15) is 0 Å². The van der Waals surface area contributed by atoms with Gasteiger partial charge in [0.15, 0.2) is 0 Å². The Kier molecular flexibility index (Phi) is 3.77. The van der Waals surface area contributed by atoms with E-state index >= 15 is 0 Å². The monoisotopic (exact) mass is 259 g/mol. The summed E-state index contributed by atoms with van der Waals surface area (Å²) in [6.07, 6.45) is 0. The molecule has 0 bridgehead atoms. The van der Waals surface area contributed by atoms with Crippen LogP contribution < -0.4 is 4.74 Å². The van der Waals surface area contributed by atoms with Gasteiger partial charge in [-0.3, -0.25) is 0 Å². The summed E-state index contributed by atoms with van der Waals surface area (Å²) < 4.78 is 5.52. The minimum atomic E-state index is -1.11. The number of aromatic nitrogens is 1. The summed E-state index contributed by atoms with van der Waals surface area (Å²) >= 11 is 0. The summed E-state index contributed by atoms with van der Waals surface area (Å²) in [4.78, 5) is 15.2. The molecule has 0 amide bonds. The van der Waals surface area contributed by atoms with Gasteiger partial charge in [-0.1, -0.05) is 18.2 Å². The second kappa shape index (κ2) is 5.49. The number of rotatable bonds is 4. The number of carboxylic acid groups (broad SMARTS) is 1. The molecule has 0 aliphatic carbocycles.